The summed E-state index contributed by atoms with van der Waals surface area (Å²) in [5.41, 5.74) is 2.52. The first-order chi connectivity index (χ1) is 17.4. The number of nitrogens with one attached hydrogen (secondary N) is 1. The summed E-state index contributed by atoms with van der Waals surface area (Å²) in [4.78, 5) is 29.7. The fraction of sp³-hybridized carbons (Fsp3) is 0.333. The molecule has 0 aliphatic rings. The quantitative estimate of drug-likeness (QED) is 0.299. The van der Waals surface area contributed by atoms with Gasteiger partial charge in [-0.3, -0.25) is 9.59 Å². The van der Waals surface area contributed by atoms with Gasteiger partial charge < -0.3 is 10.2 Å². The van der Waals surface area contributed by atoms with E-state index in [4.69, 9.17) is 0 Å². The van der Waals surface area contributed by atoms with Gasteiger partial charge in [0.25, 0.3) is 0 Å². The third-order valence-corrected chi connectivity index (χ3v) is 7.19. The molecule has 0 spiro atoms. The topological polar surface area (TPSA) is 49.4 Å². The van der Waals surface area contributed by atoms with Crippen LogP contribution >= 0.6 is 11.8 Å². The maximum atomic E-state index is 14.6. The maximum Gasteiger partial charge on any atom is 0.243 e. The van der Waals surface area contributed by atoms with Gasteiger partial charge in [-0.15, -0.1) is 11.8 Å². The highest BCUT2D eigenvalue weighted by atomic mass is 32.2. The smallest absolute Gasteiger partial charge is 0.243 e. The fourth-order valence-corrected chi connectivity index (χ4v) is 4.68. The zero-order valence-corrected chi connectivity index (χ0v) is 22.1. The Bertz CT molecular complexity index is 1120. The number of halogens is 1. The predicted octanol–water partition coefficient (Wildman–Crippen LogP) is 6.17. The number of benzene rings is 3. The van der Waals surface area contributed by atoms with Gasteiger partial charge in [-0.25, -0.2) is 4.39 Å². The van der Waals surface area contributed by atoms with Gasteiger partial charge >= 0.3 is 0 Å². The Morgan fingerprint density at radius 1 is 0.972 bits per heavy atom. The standard InChI is InChI=1S/C30H35FN2O2S/c1-4-23(3)32-30(35)28(20-24-10-6-5-7-11-24)33(21-25-12-8-9-13-27(25)31)29(34)18-19-36-26-16-14-22(2)15-17-26/h5-17,23,28H,4,18-21H2,1-3H3,(H,32,35)/t23-,28-/m1/s1. The minimum Gasteiger partial charge on any atom is -0.352 e. The molecule has 0 aliphatic heterocycles. The minimum atomic E-state index is -0.752. The average Bonchev–Trinajstić information content (AvgIpc) is 2.88. The van der Waals surface area contributed by atoms with Crippen LogP contribution in [0.15, 0.2) is 83.8 Å². The second-order valence-corrected chi connectivity index (χ2v) is 10.2. The highest BCUT2D eigenvalue weighted by molar-refractivity contribution is 7.99. The van der Waals surface area contributed by atoms with E-state index in [1.165, 1.54) is 11.6 Å². The van der Waals surface area contributed by atoms with Crippen molar-refractivity contribution in [1.82, 2.24) is 10.2 Å². The SMILES string of the molecule is CC[C@@H](C)NC(=O)[C@@H](Cc1ccccc1)N(Cc1ccccc1F)C(=O)CCSc1ccc(C)cc1. The van der Waals surface area contributed by atoms with Crippen LogP contribution in [-0.2, 0) is 22.6 Å². The Kier molecular flexibility index (Phi) is 10.6. The summed E-state index contributed by atoms with van der Waals surface area (Å²) in [5.74, 6) is -0.201. The Morgan fingerprint density at radius 3 is 2.31 bits per heavy atom. The van der Waals surface area contributed by atoms with Crippen molar-refractivity contribution in [2.75, 3.05) is 5.75 Å². The molecule has 0 aromatic heterocycles. The van der Waals surface area contributed by atoms with Crippen LogP contribution in [-0.4, -0.2) is 34.6 Å². The zero-order chi connectivity index (χ0) is 25.9. The molecule has 0 bridgehead atoms. The molecule has 0 aliphatic carbocycles. The van der Waals surface area contributed by atoms with E-state index in [2.05, 4.69) is 5.32 Å². The largest absolute Gasteiger partial charge is 0.352 e. The van der Waals surface area contributed by atoms with Gasteiger partial charge in [-0.05, 0) is 44.0 Å². The summed E-state index contributed by atoms with van der Waals surface area (Å²) < 4.78 is 14.6. The number of nitrogens with zero attached hydrogens (tertiary/aromatic N) is 1. The molecule has 0 radical (unpaired) electrons. The van der Waals surface area contributed by atoms with Crippen LogP contribution in [0, 0.1) is 12.7 Å². The number of thioether (sulfide) groups is 1. The highest BCUT2D eigenvalue weighted by Crippen LogP contribution is 2.22. The molecule has 0 fully saturated rings. The number of aryl methyl sites for hydroxylation is 1. The molecule has 0 saturated heterocycles. The molecule has 2 atom stereocenters. The average molecular weight is 507 g/mol. The van der Waals surface area contributed by atoms with Gasteiger partial charge in [0, 0.05) is 41.6 Å². The Morgan fingerprint density at radius 2 is 1.64 bits per heavy atom. The second kappa shape index (κ2) is 13.8. The zero-order valence-electron chi connectivity index (χ0n) is 21.2. The Labute approximate surface area is 218 Å². The number of hydrogen-bond donors (Lipinski definition) is 1. The van der Waals surface area contributed by atoms with E-state index in [0.29, 0.717) is 17.7 Å². The molecule has 2 amide bonds. The fourth-order valence-electron chi connectivity index (χ4n) is 3.84. The van der Waals surface area contributed by atoms with Gasteiger partial charge in [0.1, 0.15) is 11.9 Å². The first kappa shape index (κ1) is 27.5. The molecule has 36 heavy (non-hydrogen) atoms. The molecule has 3 rings (SSSR count). The second-order valence-electron chi connectivity index (χ2n) is 9.05. The van der Waals surface area contributed by atoms with E-state index < -0.39 is 6.04 Å². The summed E-state index contributed by atoms with van der Waals surface area (Å²) in [6.07, 6.45) is 1.38. The molecular formula is C30H35FN2O2S. The summed E-state index contributed by atoms with van der Waals surface area (Å²) in [6.45, 7) is 6.02. The molecule has 6 heteroatoms. The van der Waals surface area contributed by atoms with E-state index in [1.54, 1.807) is 34.9 Å². The van der Waals surface area contributed by atoms with Gasteiger partial charge in [0.05, 0.1) is 0 Å². The van der Waals surface area contributed by atoms with Gasteiger partial charge in [-0.2, -0.15) is 0 Å². The van der Waals surface area contributed by atoms with Gasteiger partial charge in [0.2, 0.25) is 11.8 Å². The summed E-state index contributed by atoms with van der Waals surface area (Å²) >= 11 is 1.60. The predicted molar refractivity (Wildman–Crippen MR) is 145 cm³/mol. The number of amides is 2. The minimum absolute atomic E-state index is 0.0294. The molecule has 3 aromatic carbocycles. The van der Waals surface area contributed by atoms with Crippen LogP contribution in [0.2, 0.25) is 0 Å². The lowest BCUT2D eigenvalue weighted by atomic mass is 10.0. The number of carbonyl (C=O) groups excluding carboxylic acids is 2. The molecule has 0 saturated carbocycles. The first-order valence-electron chi connectivity index (χ1n) is 12.4. The van der Waals surface area contributed by atoms with Crippen molar-refractivity contribution in [2.24, 2.45) is 0 Å². The van der Waals surface area contributed by atoms with Crippen LogP contribution < -0.4 is 5.32 Å². The van der Waals surface area contributed by atoms with E-state index in [9.17, 15) is 14.0 Å². The normalized spacial score (nSPS) is 12.6. The van der Waals surface area contributed by atoms with Crippen molar-refractivity contribution in [3.05, 3.63) is 101 Å². The van der Waals surface area contributed by atoms with Crippen LogP contribution in [0.3, 0.4) is 0 Å². The molecule has 0 unspecified atom stereocenters. The van der Waals surface area contributed by atoms with Gasteiger partial charge in [0.15, 0.2) is 0 Å². The van der Waals surface area contributed by atoms with Crippen molar-refractivity contribution in [3.8, 4) is 0 Å². The Balaban J connectivity index is 1.86. The van der Waals surface area contributed by atoms with E-state index in [0.717, 1.165) is 16.9 Å². The van der Waals surface area contributed by atoms with Crippen molar-refractivity contribution in [2.45, 2.75) is 63.6 Å². The lowest BCUT2D eigenvalue weighted by molar-refractivity contribution is -0.141. The molecular weight excluding hydrogens is 471 g/mol. The van der Waals surface area contributed by atoms with Crippen molar-refractivity contribution in [3.63, 3.8) is 0 Å². The van der Waals surface area contributed by atoms with E-state index in [1.807, 2.05) is 75.4 Å². The summed E-state index contributed by atoms with van der Waals surface area (Å²) in [5, 5.41) is 3.04. The number of carbonyl (C=O) groups is 2. The third kappa shape index (κ3) is 8.23. The monoisotopic (exact) mass is 506 g/mol. The molecule has 190 valence electrons. The molecule has 1 N–H and O–H groups in total. The van der Waals surface area contributed by atoms with E-state index >= 15 is 0 Å². The number of hydrogen-bond acceptors (Lipinski definition) is 3. The third-order valence-electron chi connectivity index (χ3n) is 6.18. The lowest BCUT2D eigenvalue weighted by Crippen LogP contribution is -2.52. The van der Waals surface area contributed by atoms with Gasteiger partial charge in [-0.1, -0.05) is 73.2 Å². The molecule has 3 aromatic rings. The first-order valence-corrected chi connectivity index (χ1v) is 13.4. The summed E-state index contributed by atoms with van der Waals surface area (Å²) in [7, 11) is 0. The molecule has 4 nitrogen and oxygen atoms in total. The van der Waals surface area contributed by atoms with E-state index in [-0.39, 0.29) is 36.6 Å². The maximum absolute atomic E-state index is 14.6. The van der Waals surface area contributed by atoms with Crippen LogP contribution in [0.5, 0.6) is 0 Å². The van der Waals surface area contributed by atoms with Crippen LogP contribution in [0.1, 0.15) is 43.4 Å². The molecule has 0 heterocycles. The van der Waals surface area contributed by atoms with Crippen LogP contribution in [0.25, 0.3) is 0 Å². The Hall–Kier alpha value is -3.12. The van der Waals surface area contributed by atoms with Crippen molar-refractivity contribution < 1.29 is 14.0 Å². The lowest BCUT2D eigenvalue weighted by Gasteiger charge is -2.32. The van der Waals surface area contributed by atoms with Crippen LogP contribution in [0.4, 0.5) is 4.39 Å². The number of rotatable bonds is 12. The van der Waals surface area contributed by atoms with Crippen molar-refractivity contribution >= 4 is 23.6 Å². The highest BCUT2D eigenvalue weighted by Gasteiger charge is 2.31. The van der Waals surface area contributed by atoms with Crippen molar-refractivity contribution in [1.29, 1.82) is 0 Å². The summed E-state index contributed by atoms with van der Waals surface area (Å²) in [6, 6.07) is 23.5.